The van der Waals surface area contributed by atoms with Crippen LogP contribution in [0.2, 0.25) is 0 Å². The van der Waals surface area contributed by atoms with Crippen molar-refractivity contribution in [1.82, 2.24) is 4.90 Å². The fourth-order valence-electron chi connectivity index (χ4n) is 1.80. The summed E-state index contributed by atoms with van der Waals surface area (Å²) < 4.78 is 11.3. The zero-order valence-corrected chi connectivity index (χ0v) is 9.63. The molecule has 0 bridgehead atoms. The highest BCUT2D eigenvalue weighted by Gasteiger charge is 2.22. The lowest BCUT2D eigenvalue weighted by Crippen LogP contribution is -2.41. The highest BCUT2D eigenvalue weighted by molar-refractivity contribution is 5.69. The molecule has 2 rings (SSSR count). The van der Waals surface area contributed by atoms with Gasteiger partial charge in [0.1, 0.15) is 12.7 Å². The van der Waals surface area contributed by atoms with Crippen molar-refractivity contribution < 1.29 is 19.4 Å². The molecule has 92 valence electrons. The molecule has 1 atom stereocenters. The van der Waals surface area contributed by atoms with E-state index in [4.69, 9.17) is 14.6 Å². The quantitative estimate of drug-likeness (QED) is 0.841. The highest BCUT2D eigenvalue weighted by atomic mass is 16.6. The lowest BCUT2D eigenvalue weighted by Gasteiger charge is -2.29. The number of rotatable bonds is 4. The minimum absolute atomic E-state index is 0.00149. The van der Waals surface area contributed by atoms with Gasteiger partial charge in [0, 0.05) is 6.54 Å². The topological polar surface area (TPSA) is 59.0 Å². The van der Waals surface area contributed by atoms with Crippen molar-refractivity contribution in [1.29, 1.82) is 0 Å². The number of ether oxygens (including phenoxy) is 2. The van der Waals surface area contributed by atoms with Gasteiger partial charge in [-0.1, -0.05) is 12.1 Å². The van der Waals surface area contributed by atoms with Crippen molar-refractivity contribution in [3.05, 3.63) is 24.3 Å². The van der Waals surface area contributed by atoms with E-state index >= 15 is 0 Å². The SMILES string of the molecule is CN(CC(=O)O)CC1COc2ccccc2O1. The molecule has 17 heavy (non-hydrogen) atoms. The summed E-state index contributed by atoms with van der Waals surface area (Å²) in [6.45, 7) is 0.975. The fraction of sp³-hybridized carbons (Fsp3) is 0.417. The van der Waals surface area contributed by atoms with Crippen molar-refractivity contribution in [2.75, 3.05) is 26.7 Å². The van der Waals surface area contributed by atoms with Gasteiger partial charge in [-0.2, -0.15) is 0 Å². The van der Waals surface area contributed by atoms with Crippen LogP contribution < -0.4 is 9.47 Å². The van der Waals surface area contributed by atoms with Crippen molar-refractivity contribution in [3.8, 4) is 11.5 Å². The van der Waals surface area contributed by atoms with Gasteiger partial charge in [0.2, 0.25) is 0 Å². The summed E-state index contributed by atoms with van der Waals surface area (Å²) >= 11 is 0. The minimum Gasteiger partial charge on any atom is -0.486 e. The summed E-state index contributed by atoms with van der Waals surface area (Å²) in [5.74, 6) is 0.613. The number of carboxylic acid groups (broad SMARTS) is 1. The largest absolute Gasteiger partial charge is 0.486 e. The number of nitrogens with zero attached hydrogens (tertiary/aromatic N) is 1. The van der Waals surface area contributed by atoms with Crippen LogP contribution in [0.15, 0.2) is 24.3 Å². The molecule has 1 unspecified atom stereocenters. The molecular formula is C12H15NO4. The third kappa shape index (κ3) is 3.10. The molecule has 0 spiro atoms. The maximum Gasteiger partial charge on any atom is 0.317 e. The summed E-state index contributed by atoms with van der Waals surface area (Å²) in [7, 11) is 1.75. The van der Waals surface area contributed by atoms with Gasteiger partial charge in [-0.25, -0.2) is 0 Å². The second-order valence-electron chi connectivity index (χ2n) is 4.09. The molecule has 0 amide bonds. The van der Waals surface area contributed by atoms with Gasteiger partial charge in [-0.3, -0.25) is 9.69 Å². The molecule has 1 aliphatic heterocycles. The summed E-state index contributed by atoms with van der Waals surface area (Å²) in [4.78, 5) is 12.2. The highest BCUT2D eigenvalue weighted by Crippen LogP contribution is 2.30. The average molecular weight is 237 g/mol. The number of hydrogen-bond acceptors (Lipinski definition) is 4. The molecule has 1 aromatic carbocycles. The first-order valence-electron chi connectivity index (χ1n) is 5.44. The van der Waals surface area contributed by atoms with E-state index in [1.54, 1.807) is 11.9 Å². The first-order chi connectivity index (χ1) is 8.15. The lowest BCUT2D eigenvalue weighted by molar-refractivity contribution is -0.138. The zero-order chi connectivity index (χ0) is 12.3. The predicted octanol–water partition coefficient (Wildman–Crippen LogP) is 0.843. The Balaban J connectivity index is 1.92. The van der Waals surface area contributed by atoms with E-state index in [1.165, 1.54) is 0 Å². The van der Waals surface area contributed by atoms with Crippen LogP contribution in [0.3, 0.4) is 0 Å². The van der Waals surface area contributed by atoms with E-state index in [1.807, 2.05) is 24.3 Å². The number of benzene rings is 1. The number of carbonyl (C=O) groups is 1. The van der Waals surface area contributed by atoms with Gasteiger partial charge >= 0.3 is 5.97 Å². The average Bonchev–Trinajstić information content (AvgIpc) is 2.27. The Bertz CT molecular complexity index is 407. The fourth-order valence-corrected chi connectivity index (χ4v) is 1.80. The number of fused-ring (bicyclic) bond motifs is 1. The molecule has 0 radical (unpaired) electrons. The Morgan fingerprint density at radius 1 is 1.47 bits per heavy atom. The molecular weight excluding hydrogens is 222 g/mol. The Labute approximate surface area is 99.6 Å². The summed E-state index contributed by atoms with van der Waals surface area (Å²) in [6.07, 6.45) is -0.130. The molecule has 5 nitrogen and oxygen atoms in total. The van der Waals surface area contributed by atoms with E-state index < -0.39 is 5.97 Å². The summed E-state index contributed by atoms with van der Waals surface area (Å²) in [5, 5.41) is 8.66. The van der Waals surface area contributed by atoms with E-state index in [-0.39, 0.29) is 12.6 Å². The van der Waals surface area contributed by atoms with Crippen LogP contribution in [0, 0.1) is 0 Å². The second-order valence-corrected chi connectivity index (χ2v) is 4.09. The van der Waals surface area contributed by atoms with Crippen LogP contribution in [0.1, 0.15) is 0 Å². The van der Waals surface area contributed by atoms with Crippen molar-refractivity contribution in [2.24, 2.45) is 0 Å². The van der Waals surface area contributed by atoms with Gasteiger partial charge < -0.3 is 14.6 Å². The van der Waals surface area contributed by atoms with Crippen LogP contribution >= 0.6 is 0 Å². The lowest BCUT2D eigenvalue weighted by atomic mass is 10.2. The number of likely N-dealkylation sites (N-methyl/N-ethyl adjacent to an activating group) is 1. The van der Waals surface area contributed by atoms with Gasteiger partial charge in [-0.05, 0) is 19.2 Å². The monoisotopic (exact) mass is 237 g/mol. The Kier molecular flexibility index (Phi) is 3.49. The summed E-state index contributed by atoms with van der Waals surface area (Å²) in [6, 6.07) is 7.47. The van der Waals surface area contributed by atoms with E-state index in [9.17, 15) is 4.79 Å². The molecule has 5 heteroatoms. The standard InChI is InChI=1S/C12H15NO4/c1-13(7-12(14)15)6-9-8-16-10-4-2-3-5-11(10)17-9/h2-5,9H,6-8H2,1H3,(H,14,15). The van der Waals surface area contributed by atoms with Crippen LogP contribution in [0.4, 0.5) is 0 Å². The van der Waals surface area contributed by atoms with Crippen molar-refractivity contribution in [3.63, 3.8) is 0 Å². The maximum absolute atomic E-state index is 10.5. The minimum atomic E-state index is -0.843. The third-order valence-corrected chi connectivity index (χ3v) is 2.49. The Hall–Kier alpha value is -1.75. The number of carboxylic acids is 1. The first kappa shape index (κ1) is 11.7. The van der Waals surface area contributed by atoms with Crippen LogP contribution in [-0.2, 0) is 4.79 Å². The van der Waals surface area contributed by atoms with E-state index in [0.29, 0.717) is 18.9 Å². The number of para-hydroxylation sites is 2. The second kappa shape index (κ2) is 5.05. The first-order valence-corrected chi connectivity index (χ1v) is 5.44. The summed E-state index contributed by atoms with van der Waals surface area (Å²) in [5.41, 5.74) is 0. The molecule has 0 aromatic heterocycles. The van der Waals surface area contributed by atoms with Crippen molar-refractivity contribution >= 4 is 5.97 Å². The Morgan fingerprint density at radius 2 is 2.18 bits per heavy atom. The van der Waals surface area contributed by atoms with Crippen LogP contribution in [-0.4, -0.2) is 48.8 Å². The molecule has 0 saturated heterocycles. The predicted molar refractivity (Wildman–Crippen MR) is 61.5 cm³/mol. The number of aliphatic carboxylic acids is 1. The molecule has 0 saturated carbocycles. The maximum atomic E-state index is 10.5. The van der Waals surface area contributed by atoms with Crippen LogP contribution in [0.25, 0.3) is 0 Å². The molecule has 1 N–H and O–H groups in total. The zero-order valence-electron chi connectivity index (χ0n) is 9.63. The number of hydrogen-bond donors (Lipinski definition) is 1. The molecule has 0 aliphatic carbocycles. The molecule has 0 fully saturated rings. The van der Waals surface area contributed by atoms with Crippen LogP contribution in [0.5, 0.6) is 11.5 Å². The molecule has 1 heterocycles. The van der Waals surface area contributed by atoms with Gasteiger partial charge in [0.25, 0.3) is 0 Å². The van der Waals surface area contributed by atoms with Gasteiger partial charge in [0.15, 0.2) is 11.5 Å². The Morgan fingerprint density at radius 3 is 2.88 bits per heavy atom. The molecule has 1 aromatic rings. The normalized spacial score (nSPS) is 18.1. The third-order valence-electron chi connectivity index (χ3n) is 2.49. The van der Waals surface area contributed by atoms with E-state index in [2.05, 4.69) is 0 Å². The van der Waals surface area contributed by atoms with E-state index in [0.717, 1.165) is 5.75 Å². The molecule has 1 aliphatic rings. The van der Waals surface area contributed by atoms with Crippen molar-refractivity contribution in [2.45, 2.75) is 6.10 Å². The smallest absolute Gasteiger partial charge is 0.317 e. The van der Waals surface area contributed by atoms with Gasteiger partial charge in [-0.15, -0.1) is 0 Å². The van der Waals surface area contributed by atoms with Gasteiger partial charge in [0.05, 0.1) is 6.54 Å².